The van der Waals surface area contributed by atoms with E-state index in [1.165, 1.54) is 30.5 Å². The number of carbonyl (C=O) groups excluding carboxylic acids is 1. The minimum Gasteiger partial charge on any atom is -0.490 e. The van der Waals surface area contributed by atoms with Crippen LogP contribution < -0.4 is 14.9 Å². The van der Waals surface area contributed by atoms with Crippen molar-refractivity contribution in [3.8, 4) is 17.2 Å². The molecule has 0 fully saturated rings. The summed E-state index contributed by atoms with van der Waals surface area (Å²) < 4.78 is 24.1. The normalized spacial score (nSPS) is 10.6. The number of hydrogen-bond donors (Lipinski definition) is 1. The summed E-state index contributed by atoms with van der Waals surface area (Å²) in [5.74, 6) is -0.851. The van der Waals surface area contributed by atoms with Gasteiger partial charge >= 0.3 is 5.69 Å². The molecule has 0 unspecified atom stereocenters. The van der Waals surface area contributed by atoms with E-state index in [-0.39, 0.29) is 29.4 Å². The summed E-state index contributed by atoms with van der Waals surface area (Å²) in [5, 5.41) is 26.1. The molecule has 0 aliphatic rings. The van der Waals surface area contributed by atoms with E-state index < -0.39 is 32.9 Å². The Kier molecular flexibility index (Phi) is 7.44. The van der Waals surface area contributed by atoms with Gasteiger partial charge in [0.1, 0.15) is 5.82 Å². The number of hydrazone groups is 1. The molecule has 0 heterocycles. The van der Waals surface area contributed by atoms with E-state index in [1.807, 2.05) is 0 Å². The minimum atomic E-state index is -0.784. The number of halogens is 1. The molecule has 3 aromatic carbocycles. The standard InChI is InChI=1S/C22H17FN4O7/c1-2-33-21-11-14(13-24-25-22(28)15-4-6-16(23)7-5-15)3-9-20(21)34-19-10-8-17(26(29)30)12-18(19)27(31)32/h3-13H,2H2,1H3,(H,25,28)/b24-13-. The van der Waals surface area contributed by atoms with Gasteiger partial charge in [-0.3, -0.25) is 25.0 Å². The zero-order valence-electron chi connectivity index (χ0n) is 17.6. The molecule has 0 spiro atoms. The van der Waals surface area contributed by atoms with Gasteiger partial charge in [-0.15, -0.1) is 0 Å². The van der Waals surface area contributed by atoms with Crippen molar-refractivity contribution >= 4 is 23.5 Å². The van der Waals surface area contributed by atoms with Crippen LogP contribution >= 0.6 is 0 Å². The first-order valence-electron chi connectivity index (χ1n) is 9.75. The average molecular weight is 468 g/mol. The van der Waals surface area contributed by atoms with E-state index in [1.54, 1.807) is 13.0 Å². The quantitative estimate of drug-likeness (QED) is 0.274. The second kappa shape index (κ2) is 10.6. The smallest absolute Gasteiger partial charge is 0.318 e. The molecular formula is C22H17FN4O7. The molecule has 0 saturated heterocycles. The number of ether oxygens (including phenoxy) is 2. The van der Waals surface area contributed by atoms with Crippen molar-refractivity contribution < 1.29 is 28.5 Å². The molecule has 1 amide bonds. The number of amides is 1. The fraction of sp³-hybridized carbons (Fsp3) is 0.0909. The lowest BCUT2D eigenvalue weighted by molar-refractivity contribution is -0.394. The van der Waals surface area contributed by atoms with Crippen LogP contribution in [-0.4, -0.2) is 28.6 Å². The van der Waals surface area contributed by atoms with Crippen LogP contribution in [0, 0.1) is 26.0 Å². The van der Waals surface area contributed by atoms with Crippen LogP contribution in [0.3, 0.4) is 0 Å². The third-order valence-electron chi connectivity index (χ3n) is 4.32. The number of nitro groups is 2. The first-order valence-corrected chi connectivity index (χ1v) is 9.75. The molecule has 0 radical (unpaired) electrons. The Balaban J connectivity index is 1.80. The number of nitrogens with one attached hydrogen (secondary N) is 1. The van der Waals surface area contributed by atoms with Crippen molar-refractivity contribution in [2.75, 3.05) is 6.61 Å². The number of carbonyl (C=O) groups is 1. The van der Waals surface area contributed by atoms with E-state index in [0.29, 0.717) is 5.56 Å². The van der Waals surface area contributed by atoms with E-state index in [0.717, 1.165) is 30.3 Å². The van der Waals surface area contributed by atoms with E-state index in [4.69, 9.17) is 9.47 Å². The Bertz CT molecular complexity index is 1260. The SMILES string of the molecule is CCOc1cc(/C=N\NC(=O)c2ccc(F)cc2)ccc1Oc1ccc([N+](=O)[O-])cc1[N+](=O)[O-]. The molecule has 3 rings (SSSR count). The van der Waals surface area contributed by atoms with Crippen LogP contribution in [-0.2, 0) is 0 Å². The molecule has 34 heavy (non-hydrogen) atoms. The number of nitro benzene ring substituents is 2. The number of rotatable bonds is 9. The van der Waals surface area contributed by atoms with Crippen LogP contribution in [0.25, 0.3) is 0 Å². The van der Waals surface area contributed by atoms with Gasteiger partial charge in [0.15, 0.2) is 11.5 Å². The summed E-state index contributed by atoms with van der Waals surface area (Å²) in [4.78, 5) is 32.8. The minimum absolute atomic E-state index is 0.131. The maximum Gasteiger partial charge on any atom is 0.318 e. The number of hydrogen-bond acceptors (Lipinski definition) is 8. The average Bonchev–Trinajstić information content (AvgIpc) is 2.81. The van der Waals surface area contributed by atoms with Crippen molar-refractivity contribution in [2.24, 2.45) is 5.10 Å². The zero-order valence-corrected chi connectivity index (χ0v) is 17.6. The Morgan fingerprint density at radius 2 is 1.71 bits per heavy atom. The highest BCUT2D eigenvalue weighted by Gasteiger charge is 2.22. The molecule has 0 aromatic heterocycles. The highest BCUT2D eigenvalue weighted by atomic mass is 19.1. The predicted octanol–water partition coefficient (Wildman–Crippen LogP) is 4.60. The number of nitrogens with zero attached hydrogens (tertiary/aromatic N) is 3. The zero-order chi connectivity index (χ0) is 24.7. The second-order valence-electron chi connectivity index (χ2n) is 6.61. The van der Waals surface area contributed by atoms with Crippen molar-refractivity contribution in [3.05, 3.63) is 97.8 Å². The molecule has 0 aliphatic carbocycles. The van der Waals surface area contributed by atoms with Crippen LogP contribution in [0.1, 0.15) is 22.8 Å². The lowest BCUT2D eigenvalue weighted by atomic mass is 10.2. The van der Waals surface area contributed by atoms with Gasteiger partial charge in [-0.2, -0.15) is 5.10 Å². The van der Waals surface area contributed by atoms with Crippen molar-refractivity contribution in [1.29, 1.82) is 0 Å². The largest absolute Gasteiger partial charge is 0.490 e. The van der Waals surface area contributed by atoms with Gasteiger partial charge in [0.2, 0.25) is 5.75 Å². The van der Waals surface area contributed by atoms with Gasteiger partial charge in [-0.25, -0.2) is 9.82 Å². The first kappa shape index (κ1) is 23.8. The summed E-state index contributed by atoms with van der Waals surface area (Å²) in [6.45, 7) is 1.97. The highest BCUT2D eigenvalue weighted by molar-refractivity contribution is 5.94. The summed E-state index contributed by atoms with van der Waals surface area (Å²) >= 11 is 0. The van der Waals surface area contributed by atoms with E-state index >= 15 is 0 Å². The van der Waals surface area contributed by atoms with Gasteiger partial charge < -0.3 is 9.47 Å². The summed E-state index contributed by atoms with van der Waals surface area (Å²) in [6, 6.07) is 12.5. The topological polar surface area (TPSA) is 146 Å². The molecule has 174 valence electrons. The maximum atomic E-state index is 13.0. The van der Waals surface area contributed by atoms with Gasteiger partial charge in [0.25, 0.3) is 11.6 Å². The lowest BCUT2D eigenvalue weighted by Crippen LogP contribution is -2.17. The molecule has 0 atom stereocenters. The van der Waals surface area contributed by atoms with Crippen molar-refractivity contribution in [2.45, 2.75) is 6.92 Å². The summed E-state index contributed by atoms with van der Waals surface area (Å²) in [6.07, 6.45) is 1.34. The van der Waals surface area contributed by atoms with Crippen molar-refractivity contribution in [3.63, 3.8) is 0 Å². The maximum absolute atomic E-state index is 13.0. The molecule has 12 heteroatoms. The van der Waals surface area contributed by atoms with Gasteiger partial charge in [0, 0.05) is 11.6 Å². The molecule has 0 saturated carbocycles. The van der Waals surface area contributed by atoms with E-state index in [9.17, 15) is 29.4 Å². The first-order chi connectivity index (χ1) is 16.3. The Morgan fingerprint density at radius 3 is 2.35 bits per heavy atom. The van der Waals surface area contributed by atoms with Gasteiger partial charge in [-0.05, 0) is 61.0 Å². The van der Waals surface area contributed by atoms with Crippen molar-refractivity contribution in [1.82, 2.24) is 5.43 Å². The molecular weight excluding hydrogens is 451 g/mol. The van der Waals surface area contributed by atoms with Crippen LogP contribution in [0.4, 0.5) is 15.8 Å². The molecule has 11 nitrogen and oxygen atoms in total. The Morgan fingerprint density at radius 1 is 1.00 bits per heavy atom. The van der Waals surface area contributed by atoms with Gasteiger partial charge in [-0.1, -0.05) is 0 Å². The van der Waals surface area contributed by atoms with E-state index in [2.05, 4.69) is 10.5 Å². The predicted molar refractivity (Wildman–Crippen MR) is 119 cm³/mol. The number of non-ortho nitro benzene ring substituents is 1. The molecule has 0 bridgehead atoms. The summed E-state index contributed by atoms with van der Waals surface area (Å²) in [7, 11) is 0. The third kappa shape index (κ3) is 5.88. The molecule has 0 aliphatic heterocycles. The summed E-state index contributed by atoms with van der Waals surface area (Å²) in [5.41, 5.74) is 2.02. The third-order valence-corrected chi connectivity index (χ3v) is 4.32. The molecule has 1 N–H and O–H groups in total. The fourth-order valence-electron chi connectivity index (χ4n) is 2.76. The van der Waals surface area contributed by atoms with Crippen LogP contribution in [0.15, 0.2) is 65.8 Å². The highest BCUT2D eigenvalue weighted by Crippen LogP contribution is 2.38. The molecule has 3 aromatic rings. The van der Waals surface area contributed by atoms with Crippen LogP contribution in [0.5, 0.6) is 17.2 Å². The fourth-order valence-corrected chi connectivity index (χ4v) is 2.76. The monoisotopic (exact) mass is 468 g/mol. The lowest BCUT2D eigenvalue weighted by Gasteiger charge is -2.12. The Labute approximate surface area is 191 Å². The van der Waals surface area contributed by atoms with Gasteiger partial charge in [0.05, 0.1) is 28.7 Å². The number of benzene rings is 3. The Hall–Kier alpha value is -4.87. The second-order valence-corrected chi connectivity index (χ2v) is 6.61. The van der Waals surface area contributed by atoms with Crippen LogP contribution in [0.2, 0.25) is 0 Å².